The van der Waals surface area contributed by atoms with Crippen molar-refractivity contribution in [3.05, 3.63) is 58.9 Å². The maximum atomic E-state index is 13.1. The maximum Gasteiger partial charge on any atom is 0.339 e. The Kier molecular flexibility index (Phi) is 5.00. The molecule has 0 amide bonds. The number of hydrogen-bond acceptors (Lipinski definition) is 3. The Morgan fingerprint density at radius 1 is 1.29 bits per heavy atom. The van der Waals surface area contributed by atoms with Gasteiger partial charge in [0.2, 0.25) is 0 Å². The number of anilines is 1. The number of ether oxygens (including phenoxy) is 1. The van der Waals surface area contributed by atoms with Gasteiger partial charge < -0.3 is 15.2 Å². The average molecular weight is 310 g/mol. The molecule has 0 fully saturated rings. The lowest BCUT2D eigenvalue weighted by Crippen LogP contribution is -2.13. The monoisotopic (exact) mass is 309 g/mol. The van der Waals surface area contributed by atoms with Crippen molar-refractivity contribution in [1.29, 1.82) is 0 Å². The summed E-state index contributed by atoms with van der Waals surface area (Å²) in [5, 5.41) is 12.3. The molecule has 110 valence electrons. The van der Waals surface area contributed by atoms with E-state index in [0.717, 1.165) is 0 Å². The van der Waals surface area contributed by atoms with E-state index < -0.39 is 11.8 Å². The van der Waals surface area contributed by atoms with Gasteiger partial charge in [-0.05, 0) is 30.3 Å². The lowest BCUT2D eigenvalue weighted by atomic mass is 10.2. The van der Waals surface area contributed by atoms with Gasteiger partial charge in [-0.25, -0.2) is 9.18 Å². The second-order valence-electron chi connectivity index (χ2n) is 4.23. The molecule has 0 aliphatic rings. The van der Waals surface area contributed by atoms with Gasteiger partial charge in [0.25, 0.3) is 0 Å². The molecule has 0 aromatic heterocycles. The third-order valence-corrected chi connectivity index (χ3v) is 2.89. The Labute approximate surface area is 126 Å². The summed E-state index contributed by atoms with van der Waals surface area (Å²) in [4.78, 5) is 11.0. The first-order valence-electron chi connectivity index (χ1n) is 6.21. The molecule has 4 nitrogen and oxygen atoms in total. The highest BCUT2D eigenvalue weighted by molar-refractivity contribution is 6.30. The number of halogens is 2. The number of rotatable bonds is 6. The molecule has 0 bridgehead atoms. The number of benzene rings is 2. The number of hydrogen-bond donors (Lipinski definition) is 2. The smallest absolute Gasteiger partial charge is 0.339 e. The normalized spacial score (nSPS) is 10.2. The van der Waals surface area contributed by atoms with Crippen LogP contribution in [0.3, 0.4) is 0 Å². The first-order chi connectivity index (χ1) is 10.1. The molecule has 0 aliphatic carbocycles. The highest BCUT2D eigenvalue weighted by Crippen LogP contribution is 2.19. The van der Waals surface area contributed by atoms with E-state index in [1.165, 1.54) is 18.2 Å². The Morgan fingerprint density at radius 2 is 2.05 bits per heavy atom. The standard InChI is InChI=1S/C15H13ClFNO3/c16-10-7-11(17)9-12(8-10)18-5-6-21-14-4-2-1-3-13(14)15(19)20/h1-4,7-9,18H,5-6H2,(H,19,20). The Bertz CT molecular complexity index is 628. The van der Waals surface area contributed by atoms with E-state index in [1.807, 2.05) is 0 Å². The predicted octanol–water partition coefficient (Wildman–Crippen LogP) is 3.67. The number of aromatic carboxylic acids is 1. The number of carbonyl (C=O) groups is 1. The van der Waals surface area contributed by atoms with Crippen molar-refractivity contribution >= 4 is 23.3 Å². The van der Waals surface area contributed by atoms with Crippen LogP contribution in [0.25, 0.3) is 0 Å². The van der Waals surface area contributed by atoms with E-state index in [1.54, 1.807) is 24.3 Å². The lowest BCUT2D eigenvalue weighted by molar-refractivity contribution is 0.0692. The van der Waals surface area contributed by atoms with Crippen molar-refractivity contribution in [3.63, 3.8) is 0 Å². The third-order valence-electron chi connectivity index (χ3n) is 2.67. The van der Waals surface area contributed by atoms with Crippen molar-refractivity contribution in [3.8, 4) is 5.75 Å². The zero-order chi connectivity index (χ0) is 15.2. The van der Waals surface area contributed by atoms with Gasteiger partial charge in [-0.1, -0.05) is 23.7 Å². The summed E-state index contributed by atoms with van der Waals surface area (Å²) in [7, 11) is 0. The van der Waals surface area contributed by atoms with Crippen LogP contribution in [0.4, 0.5) is 10.1 Å². The topological polar surface area (TPSA) is 58.6 Å². The van der Waals surface area contributed by atoms with E-state index in [4.69, 9.17) is 21.4 Å². The number of carboxylic acid groups (broad SMARTS) is 1. The third kappa shape index (κ3) is 4.36. The Hall–Kier alpha value is -2.27. The molecule has 2 aromatic rings. The molecular formula is C15H13ClFNO3. The quantitative estimate of drug-likeness (QED) is 0.799. The summed E-state index contributed by atoms with van der Waals surface area (Å²) >= 11 is 5.74. The molecule has 0 radical (unpaired) electrons. The van der Waals surface area contributed by atoms with E-state index in [-0.39, 0.29) is 12.2 Å². The minimum atomic E-state index is -1.05. The van der Waals surface area contributed by atoms with Crippen LogP contribution < -0.4 is 10.1 Å². The van der Waals surface area contributed by atoms with Gasteiger partial charge in [-0.2, -0.15) is 0 Å². The predicted molar refractivity (Wildman–Crippen MR) is 78.8 cm³/mol. The second-order valence-corrected chi connectivity index (χ2v) is 4.67. The molecule has 0 aliphatic heterocycles. The average Bonchev–Trinajstić information content (AvgIpc) is 2.43. The van der Waals surface area contributed by atoms with Crippen LogP contribution in [-0.4, -0.2) is 24.2 Å². The zero-order valence-electron chi connectivity index (χ0n) is 11.0. The molecule has 2 aromatic carbocycles. The van der Waals surface area contributed by atoms with Crippen molar-refractivity contribution in [2.75, 3.05) is 18.5 Å². The zero-order valence-corrected chi connectivity index (χ0v) is 11.7. The summed E-state index contributed by atoms with van der Waals surface area (Å²) in [5.41, 5.74) is 0.640. The van der Waals surface area contributed by atoms with Crippen LogP contribution in [0, 0.1) is 5.82 Å². The van der Waals surface area contributed by atoms with Gasteiger partial charge in [0.05, 0.1) is 0 Å². The SMILES string of the molecule is O=C(O)c1ccccc1OCCNc1cc(F)cc(Cl)c1. The fraction of sp³-hybridized carbons (Fsp3) is 0.133. The van der Waals surface area contributed by atoms with E-state index >= 15 is 0 Å². The van der Waals surface area contributed by atoms with Crippen LogP contribution in [0.15, 0.2) is 42.5 Å². The molecular weight excluding hydrogens is 297 g/mol. The fourth-order valence-electron chi connectivity index (χ4n) is 1.78. The van der Waals surface area contributed by atoms with Gasteiger partial charge in [0.15, 0.2) is 0 Å². The van der Waals surface area contributed by atoms with Crippen LogP contribution >= 0.6 is 11.6 Å². The minimum Gasteiger partial charge on any atom is -0.491 e. The van der Waals surface area contributed by atoms with Crippen LogP contribution in [0.2, 0.25) is 5.02 Å². The van der Waals surface area contributed by atoms with Crippen molar-refractivity contribution in [1.82, 2.24) is 0 Å². The molecule has 6 heteroatoms. The molecule has 2 N–H and O–H groups in total. The van der Waals surface area contributed by atoms with Gasteiger partial charge in [0.1, 0.15) is 23.7 Å². The molecule has 0 unspecified atom stereocenters. The largest absolute Gasteiger partial charge is 0.491 e. The summed E-state index contributed by atoms with van der Waals surface area (Å²) in [6, 6.07) is 10.5. The summed E-state index contributed by atoms with van der Waals surface area (Å²) < 4.78 is 18.5. The molecule has 0 spiro atoms. The number of carboxylic acids is 1. The van der Waals surface area contributed by atoms with Crippen molar-refractivity contribution < 1.29 is 19.0 Å². The second kappa shape index (κ2) is 6.95. The van der Waals surface area contributed by atoms with Gasteiger partial charge >= 0.3 is 5.97 Å². The molecule has 2 rings (SSSR count). The highest BCUT2D eigenvalue weighted by Gasteiger charge is 2.09. The van der Waals surface area contributed by atoms with E-state index in [9.17, 15) is 9.18 Å². The molecule has 0 heterocycles. The van der Waals surface area contributed by atoms with Crippen LogP contribution in [-0.2, 0) is 0 Å². The maximum absolute atomic E-state index is 13.1. The van der Waals surface area contributed by atoms with Gasteiger partial charge in [-0.15, -0.1) is 0 Å². The highest BCUT2D eigenvalue weighted by atomic mass is 35.5. The first kappa shape index (κ1) is 15.1. The fourth-order valence-corrected chi connectivity index (χ4v) is 2.00. The van der Waals surface area contributed by atoms with Gasteiger partial charge in [-0.3, -0.25) is 0 Å². The number of para-hydroxylation sites is 1. The summed E-state index contributed by atoms with van der Waals surface area (Å²) in [6.45, 7) is 0.617. The summed E-state index contributed by atoms with van der Waals surface area (Å²) in [6.07, 6.45) is 0. The van der Waals surface area contributed by atoms with Crippen molar-refractivity contribution in [2.24, 2.45) is 0 Å². The van der Waals surface area contributed by atoms with Crippen LogP contribution in [0.1, 0.15) is 10.4 Å². The molecule has 0 saturated carbocycles. The summed E-state index contributed by atoms with van der Waals surface area (Å²) in [5.74, 6) is -1.18. The molecule has 21 heavy (non-hydrogen) atoms. The lowest BCUT2D eigenvalue weighted by Gasteiger charge is -2.10. The van der Waals surface area contributed by atoms with Gasteiger partial charge in [0, 0.05) is 17.3 Å². The van der Waals surface area contributed by atoms with Crippen molar-refractivity contribution in [2.45, 2.75) is 0 Å². The molecule has 0 atom stereocenters. The Morgan fingerprint density at radius 3 is 2.76 bits per heavy atom. The van der Waals surface area contributed by atoms with Crippen LogP contribution in [0.5, 0.6) is 5.75 Å². The molecule has 0 saturated heterocycles. The minimum absolute atomic E-state index is 0.103. The number of nitrogens with one attached hydrogen (secondary N) is 1. The van der Waals surface area contributed by atoms with E-state index in [2.05, 4.69) is 5.32 Å². The van der Waals surface area contributed by atoms with E-state index in [0.29, 0.717) is 23.0 Å². The first-order valence-corrected chi connectivity index (χ1v) is 6.59. The Balaban J connectivity index is 1.89.